The lowest BCUT2D eigenvalue weighted by molar-refractivity contribution is 0.345. The van der Waals surface area contributed by atoms with E-state index in [0.717, 1.165) is 31.7 Å². The van der Waals surface area contributed by atoms with Crippen LogP contribution in [0.15, 0.2) is 24.3 Å². The lowest BCUT2D eigenvalue weighted by atomic mass is 9.89. The van der Waals surface area contributed by atoms with Gasteiger partial charge in [0, 0.05) is 5.69 Å². The van der Waals surface area contributed by atoms with E-state index >= 15 is 0 Å². The van der Waals surface area contributed by atoms with Crippen LogP contribution in [0.4, 0.5) is 5.69 Å². The highest BCUT2D eigenvalue weighted by atomic mass is 16.6. The molecule has 86 valence electrons. The van der Waals surface area contributed by atoms with E-state index in [0.29, 0.717) is 18.1 Å². The van der Waals surface area contributed by atoms with Crippen molar-refractivity contribution in [3.63, 3.8) is 0 Å². The zero-order valence-electron chi connectivity index (χ0n) is 9.26. The first kappa shape index (κ1) is 10.1. The predicted molar refractivity (Wildman–Crippen MR) is 62.3 cm³/mol. The summed E-state index contributed by atoms with van der Waals surface area (Å²) in [7, 11) is 0. The van der Waals surface area contributed by atoms with E-state index in [4.69, 9.17) is 15.2 Å². The van der Waals surface area contributed by atoms with Crippen molar-refractivity contribution in [1.29, 1.82) is 0 Å². The molecule has 16 heavy (non-hydrogen) atoms. The van der Waals surface area contributed by atoms with E-state index in [1.165, 1.54) is 5.56 Å². The highest BCUT2D eigenvalue weighted by Gasteiger charge is 2.33. The molecule has 3 nitrogen and oxygen atoms in total. The number of nitrogens with two attached hydrogens (primary N) is 1. The molecule has 0 aliphatic carbocycles. The molecule has 2 unspecified atom stereocenters. The fourth-order valence-corrected chi connectivity index (χ4v) is 2.28. The topological polar surface area (TPSA) is 51.1 Å². The van der Waals surface area contributed by atoms with Gasteiger partial charge in [-0.2, -0.15) is 0 Å². The highest BCUT2D eigenvalue weighted by molar-refractivity contribution is 5.48. The summed E-state index contributed by atoms with van der Waals surface area (Å²) in [6.45, 7) is 1.82. The van der Waals surface area contributed by atoms with E-state index in [2.05, 4.69) is 12.1 Å². The predicted octanol–water partition coefficient (Wildman–Crippen LogP) is 1.93. The standard InChI is InChI=1S/C13H17NO2/c14-13-4-2-1-3-12(13)9(5-10-7-15-10)6-11-8-16-11/h1-4,9-11H,5-8,14H2. The SMILES string of the molecule is Nc1ccccc1C(CC1CO1)CC1CO1. The summed E-state index contributed by atoms with van der Waals surface area (Å²) in [5, 5.41) is 0. The molecule has 2 heterocycles. The van der Waals surface area contributed by atoms with Crippen molar-refractivity contribution in [1.82, 2.24) is 0 Å². The van der Waals surface area contributed by atoms with E-state index in [1.807, 2.05) is 12.1 Å². The minimum atomic E-state index is 0.448. The Morgan fingerprint density at radius 2 is 1.69 bits per heavy atom. The smallest absolute Gasteiger partial charge is 0.0815 e. The molecule has 2 fully saturated rings. The van der Waals surface area contributed by atoms with Gasteiger partial charge in [0.1, 0.15) is 0 Å². The molecule has 1 aromatic rings. The van der Waals surface area contributed by atoms with E-state index in [9.17, 15) is 0 Å². The Bertz CT molecular complexity index is 358. The van der Waals surface area contributed by atoms with Gasteiger partial charge in [-0.25, -0.2) is 0 Å². The number of hydrogen-bond acceptors (Lipinski definition) is 3. The van der Waals surface area contributed by atoms with E-state index in [-0.39, 0.29) is 0 Å². The molecule has 2 aliphatic rings. The van der Waals surface area contributed by atoms with Crippen molar-refractivity contribution in [3.05, 3.63) is 29.8 Å². The van der Waals surface area contributed by atoms with Gasteiger partial charge in [-0.1, -0.05) is 18.2 Å². The molecule has 1 aromatic carbocycles. The molecule has 2 aliphatic heterocycles. The molecule has 0 bridgehead atoms. The number of benzene rings is 1. The molecular formula is C13H17NO2. The quantitative estimate of drug-likeness (QED) is 0.608. The van der Waals surface area contributed by atoms with Gasteiger partial charge in [-0.3, -0.25) is 0 Å². The first-order valence-corrected chi connectivity index (χ1v) is 5.90. The molecule has 0 spiro atoms. The van der Waals surface area contributed by atoms with Crippen LogP contribution in [-0.2, 0) is 9.47 Å². The first-order chi connectivity index (χ1) is 7.83. The Labute approximate surface area is 95.5 Å². The molecule has 0 saturated carbocycles. The Morgan fingerprint density at radius 1 is 1.12 bits per heavy atom. The average Bonchev–Trinajstić information content (AvgIpc) is 3.12. The molecular weight excluding hydrogens is 202 g/mol. The maximum atomic E-state index is 6.03. The van der Waals surface area contributed by atoms with Gasteiger partial charge in [0.2, 0.25) is 0 Å². The Kier molecular flexibility index (Phi) is 2.58. The van der Waals surface area contributed by atoms with E-state index < -0.39 is 0 Å². The van der Waals surface area contributed by atoms with Gasteiger partial charge in [0.15, 0.2) is 0 Å². The number of anilines is 1. The summed E-state index contributed by atoms with van der Waals surface area (Å²) in [6, 6.07) is 8.14. The average molecular weight is 219 g/mol. The number of hydrogen-bond donors (Lipinski definition) is 1. The molecule has 2 atom stereocenters. The number of para-hydroxylation sites is 1. The third-order valence-electron chi connectivity index (χ3n) is 3.34. The zero-order valence-corrected chi connectivity index (χ0v) is 9.26. The molecule has 0 radical (unpaired) electrons. The number of nitrogen functional groups attached to an aromatic ring is 1. The summed E-state index contributed by atoms with van der Waals surface area (Å²) in [5.74, 6) is 0.487. The fourth-order valence-electron chi connectivity index (χ4n) is 2.28. The van der Waals surface area contributed by atoms with Crippen LogP contribution in [-0.4, -0.2) is 25.4 Å². The third kappa shape index (κ3) is 2.36. The minimum Gasteiger partial charge on any atom is -0.398 e. The van der Waals surface area contributed by atoms with Gasteiger partial charge in [0.05, 0.1) is 25.4 Å². The summed E-state index contributed by atoms with van der Waals surface area (Å²) in [6.07, 6.45) is 3.05. The zero-order chi connectivity index (χ0) is 11.0. The molecule has 0 aromatic heterocycles. The van der Waals surface area contributed by atoms with Crippen molar-refractivity contribution in [2.45, 2.75) is 31.0 Å². The van der Waals surface area contributed by atoms with Crippen molar-refractivity contribution >= 4 is 5.69 Å². The maximum absolute atomic E-state index is 6.03. The van der Waals surface area contributed by atoms with Crippen molar-refractivity contribution in [2.75, 3.05) is 18.9 Å². The minimum absolute atomic E-state index is 0.448. The molecule has 3 heteroatoms. The van der Waals surface area contributed by atoms with E-state index in [1.54, 1.807) is 0 Å². The van der Waals surface area contributed by atoms with Crippen LogP contribution in [0, 0.1) is 0 Å². The van der Waals surface area contributed by atoms with Gasteiger partial charge >= 0.3 is 0 Å². The second-order valence-electron chi connectivity index (χ2n) is 4.71. The fraction of sp³-hybridized carbons (Fsp3) is 0.538. The Hall–Kier alpha value is -1.06. The normalized spacial score (nSPS) is 28.8. The molecule has 0 amide bonds. The summed E-state index contributed by atoms with van der Waals surface area (Å²) >= 11 is 0. The molecule has 2 N–H and O–H groups in total. The molecule has 3 rings (SSSR count). The molecule has 2 saturated heterocycles. The summed E-state index contributed by atoms with van der Waals surface area (Å²) in [5.41, 5.74) is 8.19. The summed E-state index contributed by atoms with van der Waals surface area (Å²) < 4.78 is 10.6. The van der Waals surface area contributed by atoms with Crippen LogP contribution in [0.1, 0.15) is 24.3 Å². The maximum Gasteiger partial charge on any atom is 0.0815 e. The van der Waals surface area contributed by atoms with Crippen molar-refractivity contribution < 1.29 is 9.47 Å². The van der Waals surface area contributed by atoms with Crippen LogP contribution < -0.4 is 5.73 Å². The van der Waals surface area contributed by atoms with Crippen LogP contribution in [0.2, 0.25) is 0 Å². The lowest BCUT2D eigenvalue weighted by Crippen LogP contribution is -2.08. The number of rotatable bonds is 5. The van der Waals surface area contributed by atoms with Gasteiger partial charge in [-0.05, 0) is 30.4 Å². The van der Waals surface area contributed by atoms with Gasteiger partial charge < -0.3 is 15.2 Å². The largest absolute Gasteiger partial charge is 0.398 e. The van der Waals surface area contributed by atoms with Crippen LogP contribution in [0.25, 0.3) is 0 Å². The van der Waals surface area contributed by atoms with Crippen molar-refractivity contribution in [3.8, 4) is 0 Å². The Balaban J connectivity index is 1.76. The Morgan fingerprint density at radius 3 is 2.19 bits per heavy atom. The number of ether oxygens (including phenoxy) is 2. The monoisotopic (exact) mass is 219 g/mol. The van der Waals surface area contributed by atoms with Gasteiger partial charge in [0.25, 0.3) is 0 Å². The summed E-state index contributed by atoms with van der Waals surface area (Å²) in [4.78, 5) is 0. The lowest BCUT2D eigenvalue weighted by Gasteiger charge is -2.17. The second-order valence-corrected chi connectivity index (χ2v) is 4.71. The van der Waals surface area contributed by atoms with Crippen LogP contribution >= 0.6 is 0 Å². The van der Waals surface area contributed by atoms with Crippen LogP contribution in [0.5, 0.6) is 0 Å². The third-order valence-corrected chi connectivity index (χ3v) is 3.34. The second kappa shape index (κ2) is 4.07. The highest BCUT2D eigenvalue weighted by Crippen LogP contribution is 2.36. The first-order valence-electron chi connectivity index (χ1n) is 5.90. The van der Waals surface area contributed by atoms with Gasteiger partial charge in [-0.15, -0.1) is 0 Å². The van der Waals surface area contributed by atoms with Crippen LogP contribution in [0.3, 0.4) is 0 Å². The number of epoxide rings is 2. The van der Waals surface area contributed by atoms with Crippen molar-refractivity contribution in [2.24, 2.45) is 0 Å².